The van der Waals surface area contributed by atoms with Crippen molar-refractivity contribution >= 4 is 34.0 Å². The average Bonchev–Trinajstić information content (AvgIpc) is 2.91. The third-order valence-electron chi connectivity index (χ3n) is 4.37. The zero-order valence-corrected chi connectivity index (χ0v) is 19.3. The summed E-state index contributed by atoms with van der Waals surface area (Å²) >= 11 is 6.08. The molecule has 2 N–H and O–H groups in total. The molecule has 0 amide bonds. The standard InChI is InChI=1S/C18H21ClF4N4O2S.ClH/c1-11-14(17(18(21,22)23)25-27(11)10-13(20)6-7-24)8-12-4-5-16(15(19)9-12)30(28,29)26(2)3;/h4-6,9H,7-8,10,24H2,1-3H3;1H/b13-6-;. The van der Waals surface area contributed by atoms with E-state index in [1.807, 2.05) is 0 Å². The van der Waals surface area contributed by atoms with Gasteiger partial charge in [0.2, 0.25) is 10.0 Å². The predicted octanol–water partition coefficient (Wildman–Crippen LogP) is 3.94. The summed E-state index contributed by atoms with van der Waals surface area (Å²) in [7, 11) is -1.13. The van der Waals surface area contributed by atoms with E-state index in [2.05, 4.69) is 5.10 Å². The number of hydrogen-bond acceptors (Lipinski definition) is 4. The molecular weight excluding hydrogens is 483 g/mol. The molecule has 0 atom stereocenters. The zero-order chi connectivity index (χ0) is 22.9. The van der Waals surface area contributed by atoms with Gasteiger partial charge in [-0.15, -0.1) is 12.4 Å². The highest BCUT2D eigenvalue weighted by Crippen LogP contribution is 2.35. The fraction of sp³-hybridized carbons (Fsp3) is 0.389. The normalized spacial score (nSPS) is 12.9. The minimum atomic E-state index is -4.75. The number of benzene rings is 1. The van der Waals surface area contributed by atoms with Crippen LogP contribution in [0.4, 0.5) is 17.6 Å². The van der Waals surface area contributed by atoms with Crippen LogP contribution in [0.5, 0.6) is 0 Å². The smallest absolute Gasteiger partial charge is 0.327 e. The van der Waals surface area contributed by atoms with Crippen LogP contribution < -0.4 is 5.73 Å². The van der Waals surface area contributed by atoms with Crippen molar-refractivity contribution < 1.29 is 26.0 Å². The molecular formula is C18H22Cl2F4N4O2S. The third kappa shape index (κ3) is 6.19. The van der Waals surface area contributed by atoms with Crippen LogP contribution in [-0.2, 0) is 29.2 Å². The molecule has 1 aromatic carbocycles. The first kappa shape index (κ1) is 27.4. The Hall–Kier alpha value is -1.66. The van der Waals surface area contributed by atoms with Gasteiger partial charge in [0.15, 0.2) is 5.69 Å². The molecule has 2 aromatic rings. The van der Waals surface area contributed by atoms with Gasteiger partial charge in [-0.1, -0.05) is 17.7 Å². The van der Waals surface area contributed by atoms with Gasteiger partial charge < -0.3 is 5.73 Å². The van der Waals surface area contributed by atoms with Crippen molar-refractivity contribution in [2.45, 2.75) is 31.0 Å². The molecule has 0 aliphatic heterocycles. The Bertz CT molecular complexity index is 1070. The molecule has 174 valence electrons. The van der Waals surface area contributed by atoms with Crippen LogP contribution in [0.2, 0.25) is 5.02 Å². The lowest BCUT2D eigenvalue weighted by molar-refractivity contribution is -0.142. The first-order valence-electron chi connectivity index (χ1n) is 8.68. The van der Waals surface area contributed by atoms with Gasteiger partial charge in [0, 0.05) is 38.3 Å². The van der Waals surface area contributed by atoms with E-state index in [4.69, 9.17) is 17.3 Å². The molecule has 0 aliphatic rings. The molecule has 31 heavy (non-hydrogen) atoms. The Balaban J connectivity index is 0.00000480. The molecule has 0 aliphatic carbocycles. The van der Waals surface area contributed by atoms with Gasteiger partial charge in [-0.05, 0) is 30.7 Å². The molecule has 1 heterocycles. The molecule has 0 fully saturated rings. The highest BCUT2D eigenvalue weighted by atomic mass is 35.5. The fourth-order valence-electron chi connectivity index (χ4n) is 2.78. The summed E-state index contributed by atoms with van der Waals surface area (Å²) < 4.78 is 80.7. The Labute approximate surface area is 189 Å². The number of allylic oxidation sites excluding steroid dienone is 1. The maximum absolute atomic E-state index is 13.8. The van der Waals surface area contributed by atoms with Crippen molar-refractivity contribution in [3.05, 3.63) is 57.6 Å². The van der Waals surface area contributed by atoms with Crippen LogP contribution in [0.25, 0.3) is 0 Å². The van der Waals surface area contributed by atoms with Crippen molar-refractivity contribution in [3.63, 3.8) is 0 Å². The number of aromatic nitrogens is 2. The second kappa shape index (κ2) is 10.3. The lowest BCUT2D eigenvalue weighted by atomic mass is 10.0. The summed E-state index contributed by atoms with van der Waals surface area (Å²) in [6, 6.07) is 3.92. The molecule has 6 nitrogen and oxygen atoms in total. The average molecular weight is 505 g/mol. The van der Waals surface area contributed by atoms with E-state index in [1.54, 1.807) is 0 Å². The number of nitrogens with zero attached hydrogens (tertiary/aromatic N) is 3. The van der Waals surface area contributed by atoms with E-state index in [0.29, 0.717) is 5.56 Å². The van der Waals surface area contributed by atoms with Crippen LogP contribution in [0.15, 0.2) is 35.0 Å². The summed E-state index contributed by atoms with van der Waals surface area (Å²) in [5.74, 6) is -0.704. The number of alkyl halides is 3. The third-order valence-corrected chi connectivity index (χ3v) is 6.67. The fourth-order valence-corrected chi connectivity index (χ4v) is 4.21. The Kier molecular flexibility index (Phi) is 9.10. The lowest BCUT2D eigenvalue weighted by Crippen LogP contribution is -2.22. The van der Waals surface area contributed by atoms with Crippen molar-refractivity contribution in [1.29, 1.82) is 0 Å². The van der Waals surface area contributed by atoms with Crippen LogP contribution in [0, 0.1) is 6.92 Å². The molecule has 2 rings (SSSR count). The second-order valence-electron chi connectivity index (χ2n) is 6.68. The number of hydrogen-bond donors (Lipinski definition) is 1. The number of sulfonamides is 1. The number of nitrogens with two attached hydrogens (primary N) is 1. The van der Waals surface area contributed by atoms with Crippen LogP contribution in [-0.4, -0.2) is 43.1 Å². The van der Waals surface area contributed by atoms with Gasteiger partial charge in [0.05, 0.1) is 11.6 Å². The first-order valence-corrected chi connectivity index (χ1v) is 10.5. The highest BCUT2D eigenvalue weighted by Gasteiger charge is 2.38. The van der Waals surface area contributed by atoms with Gasteiger partial charge in [-0.2, -0.15) is 18.3 Å². The Morgan fingerprint density at radius 3 is 2.42 bits per heavy atom. The van der Waals surface area contributed by atoms with Crippen LogP contribution in [0.1, 0.15) is 22.5 Å². The summed E-state index contributed by atoms with van der Waals surface area (Å²) in [4.78, 5) is -0.157. The van der Waals surface area contributed by atoms with Gasteiger partial charge in [-0.3, -0.25) is 4.68 Å². The maximum atomic E-state index is 13.8. The topological polar surface area (TPSA) is 81.2 Å². The largest absolute Gasteiger partial charge is 0.435 e. The van der Waals surface area contributed by atoms with Gasteiger partial charge >= 0.3 is 6.18 Å². The van der Waals surface area contributed by atoms with E-state index in [-0.39, 0.29) is 46.5 Å². The molecule has 1 aromatic heterocycles. The van der Waals surface area contributed by atoms with Crippen LogP contribution >= 0.6 is 24.0 Å². The molecule has 0 saturated heterocycles. The summed E-state index contributed by atoms with van der Waals surface area (Å²) in [5.41, 5.74) is 4.41. The number of rotatable bonds is 7. The molecule has 0 unspecified atom stereocenters. The van der Waals surface area contributed by atoms with E-state index in [9.17, 15) is 26.0 Å². The Morgan fingerprint density at radius 2 is 1.94 bits per heavy atom. The molecule has 0 saturated carbocycles. The van der Waals surface area contributed by atoms with E-state index < -0.39 is 34.3 Å². The molecule has 13 heteroatoms. The lowest BCUT2D eigenvalue weighted by Gasteiger charge is -2.14. The highest BCUT2D eigenvalue weighted by molar-refractivity contribution is 7.89. The van der Waals surface area contributed by atoms with Gasteiger partial charge in [0.25, 0.3) is 0 Å². The second-order valence-corrected chi connectivity index (χ2v) is 9.21. The minimum Gasteiger partial charge on any atom is -0.327 e. The van der Waals surface area contributed by atoms with E-state index in [0.717, 1.165) is 15.1 Å². The SMILES string of the molecule is Cc1c(Cc2ccc(S(=O)(=O)N(C)C)c(Cl)c2)c(C(F)(F)F)nn1C/C(F)=C/CN.Cl. The van der Waals surface area contributed by atoms with Crippen LogP contribution in [0.3, 0.4) is 0 Å². The van der Waals surface area contributed by atoms with Crippen molar-refractivity contribution in [1.82, 2.24) is 14.1 Å². The van der Waals surface area contributed by atoms with Crippen molar-refractivity contribution in [3.8, 4) is 0 Å². The summed E-state index contributed by atoms with van der Waals surface area (Å²) in [6.07, 6.45) is -3.92. The van der Waals surface area contributed by atoms with Crippen molar-refractivity contribution in [2.75, 3.05) is 20.6 Å². The quantitative estimate of drug-likeness (QED) is 0.579. The summed E-state index contributed by atoms with van der Waals surface area (Å²) in [6.45, 7) is 0.832. The van der Waals surface area contributed by atoms with Crippen molar-refractivity contribution in [2.24, 2.45) is 5.73 Å². The molecule has 0 spiro atoms. The first-order chi connectivity index (χ1) is 13.8. The van der Waals surface area contributed by atoms with E-state index >= 15 is 0 Å². The Morgan fingerprint density at radius 1 is 1.32 bits per heavy atom. The maximum Gasteiger partial charge on any atom is 0.435 e. The number of halogens is 6. The summed E-state index contributed by atoms with van der Waals surface area (Å²) in [5, 5.41) is 3.42. The molecule has 0 radical (unpaired) electrons. The predicted molar refractivity (Wildman–Crippen MR) is 113 cm³/mol. The molecule has 0 bridgehead atoms. The van der Waals surface area contributed by atoms with E-state index in [1.165, 1.54) is 39.2 Å². The monoisotopic (exact) mass is 504 g/mol. The van der Waals surface area contributed by atoms with Gasteiger partial charge in [0.1, 0.15) is 10.7 Å². The zero-order valence-electron chi connectivity index (χ0n) is 16.9. The van der Waals surface area contributed by atoms with Gasteiger partial charge in [-0.25, -0.2) is 17.1 Å². The minimum absolute atomic E-state index is 0.